The maximum Gasteiger partial charge on any atom is 0.120 e. The Hall–Kier alpha value is -0.890. The van der Waals surface area contributed by atoms with Crippen LogP contribution in [0.2, 0.25) is 5.02 Å². The van der Waals surface area contributed by atoms with Crippen molar-refractivity contribution in [2.75, 3.05) is 0 Å². The van der Waals surface area contributed by atoms with Gasteiger partial charge in [0.25, 0.3) is 0 Å². The number of aryl methyl sites for hydroxylation is 1. The molecule has 1 rings (SSSR count). The second kappa shape index (κ2) is 4.88. The molecule has 0 atom stereocenters. The van der Waals surface area contributed by atoms with Gasteiger partial charge >= 0.3 is 0 Å². The molecule has 1 aromatic rings. The van der Waals surface area contributed by atoms with E-state index in [1.165, 1.54) is 0 Å². The average molecular weight is 184 g/mol. The summed E-state index contributed by atoms with van der Waals surface area (Å²) in [5.41, 5.74) is 1.06. The number of pyridine rings is 1. The van der Waals surface area contributed by atoms with Crippen molar-refractivity contribution >= 4 is 17.9 Å². The molecule has 1 aromatic heterocycles. The lowest BCUT2D eigenvalue weighted by molar-refractivity contribution is -0.107. The summed E-state index contributed by atoms with van der Waals surface area (Å²) in [6.07, 6.45) is 6.56. The molecule has 0 radical (unpaired) electrons. The molecule has 1 heterocycles. The van der Waals surface area contributed by atoms with Gasteiger partial charge in [0.1, 0.15) is 6.29 Å². The second-order valence-corrected chi connectivity index (χ2v) is 2.93. The van der Waals surface area contributed by atoms with E-state index < -0.39 is 0 Å². The van der Waals surface area contributed by atoms with Crippen LogP contribution in [0, 0.1) is 0 Å². The molecular formula is C9H10ClNO. The maximum atomic E-state index is 10.0. The van der Waals surface area contributed by atoms with Crippen LogP contribution in [0.3, 0.4) is 0 Å². The lowest BCUT2D eigenvalue weighted by Gasteiger charge is -2.00. The van der Waals surface area contributed by atoms with E-state index >= 15 is 0 Å². The zero-order valence-electron chi connectivity index (χ0n) is 6.66. The quantitative estimate of drug-likeness (QED) is 0.530. The molecule has 0 amide bonds. The van der Waals surface area contributed by atoms with E-state index in [2.05, 4.69) is 4.98 Å². The van der Waals surface area contributed by atoms with Crippen molar-refractivity contribution in [3.05, 3.63) is 29.0 Å². The van der Waals surface area contributed by atoms with Gasteiger partial charge in [-0.25, -0.2) is 0 Å². The second-order valence-electron chi connectivity index (χ2n) is 2.53. The predicted molar refractivity (Wildman–Crippen MR) is 48.2 cm³/mol. The lowest BCUT2D eigenvalue weighted by atomic mass is 10.1. The van der Waals surface area contributed by atoms with Crippen molar-refractivity contribution in [1.82, 2.24) is 4.98 Å². The summed E-state index contributed by atoms with van der Waals surface area (Å²) in [5, 5.41) is 0.684. The van der Waals surface area contributed by atoms with Crippen LogP contribution < -0.4 is 0 Å². The number of carbonyl (C=O) groups is 1. The van der Waals surface area contributed by atoms with Gasteiger partial charge in [0, 0.05) is 18.8 Å². The number of nitrogens with zero attached hydrogens (tertiary/aromatic N) is 1. The van der Waals surface area contributed by atoms with Crippen LogP contribution in [0.5, 0.6) is 0 Å². The highest BCUT2D eigenvalue weighted by Crippen LogP contribution is 2.15. The smallest absolute Gasteiger partial charge is 0.120 e. The van der Waals surface area contributed by atoms with Crippen LogP contribution in [-0.2, 0) is 11.2 Å². The fourth-order valence-electron chi connectivity index (χ4n) is 0.983. The zero-order valence-corrected chi connectivity index (χ0v) is 7.42. The van der Waals surface area contributed by atoms with Crippen molar-refractivity contribution in [3.8, 4) is 0 Å². The first kappa shape index (κ1) is 9.20. The number of carbonyl (C=O) groups excluding carboxylic acids is 1. The Morgan fingerprint density at radius 3 is 3.08 bits per heavy atom. The summed E-state index contributed by atoms with van der Waals surface area (Å²) in [6, 6.07) is 1.88. The molecule has 0 saturated heterocycles. The normalized spacial score (nSPS) is 9.75. The van der Waals surface area contributed by atoms with E-state index in [9.17, 15) is 4.79 Å². The first-order valence-electron chi connectivity index (χ1n) is 3.86. The third kappa shape index (κ3) is 2.62. The largest absolute Gasteiger partial charge is 0.303 e. The van der Waals surface area contributed by atoms with Gasteiger partial charge in [-0.05, 0) is 24.5 Å². The van der Waals surface area contributed by atoms with Crippen LogP contribution in [-0.4, -0.2) is 11.3 Å². The molecule has 3 heteroatoms. The van der Waals surface area contributed by atoms with Crippen molar-refractivity contribution < 1.29 is 4.79 Å². The fourth-order valence-corrected chi connectivity index (χ4v) is 1.20. The van der Waals surface area contributed by atoms with Crippen LogP contribution in [0.1, 0.15) is 18.4 Å². The monoisotopic (exact) mass is 183 g/mol. The summed E-state index contributed by atoms with van der Waals surface area (Å²) in [7, 11) is 0. The Morgan fingerprint density at radius 2 is 2.42 bits per heavy atom. The number of halogens is 1. The molecule has 0 aliphatic carbocycles. The molecule has 0 aliphatic rings. The van der Waals surface area contributed by atoms with Gasteiger partial charge in [-0.2, -0.15) is 0 Å². The minimum atomic E-state index is 0.596. The molecule has 0 bridgehead atoms. The summed E-state index contributed by atoms with van der Waals surface area (Å²) < 4.78 is 0. The van der Waals surface area contributed by atoms with Crippen LogP contribution >= 0.6 is 11.6 Å². The third-order valence-corrected chi connectivity index (χ3v) is 1.96. The molecule has 0 spiro atoms. The first-order valence-corrected chi connectivity index (χ1v) is 4.24. The van der Waals surface area contributed by atoms with Gasteiger partial charge in [-0.15, -0.1) is 0 Å². The molecule has 2 nitrogen and oxygen atoms in total. The van der Waals surface area contributed by atoms with Gasteiger partial charge < -0.3 is 4.79 Å². The minimum Gasteiger partial charge on any atom is -0.303 e. The van der Waals surface area contributed by atoms with Crippen molar-refractivity contribution in [3.63, 3.8) is 0 Å². The third-order valence-electron chi connectivity index (χ3n) is 1.62. The van der Waals surface area contributed by atoms with Crippen molar-refractivity contribution in [2.45, 2.75) is 19.3 Å². The molecule has 64 valence electrons. The lowest BCUT2D eigenvalue weighted by Crippen LogP contribution is -1.88. The van der Waals surface area contributed by atoms with E-state index in [-0.39, 0.29) is 0 Å². The number of hydrogen-bond donors (Lipinski definition) is 0. The summed E-state index contributed by atoms with van der Waals surface area (Å²) >= 11 is 5.85. The van der Waals surface area contributed by atoms with Crippen molar-refractivity contribution in [2.24, 2.45) is 0 Å². The Balaban J connectivity index is 2.51. The summed E-state index contributed by atoms with van der Waals surface area (Å²) in [6.45, 7) is 0. The SMILES string of the molecule is O=CCCCc1ccncc1Cl. The first-order chi connectivity index (χ1) is 5.84. The molecule has 0 unspecified atom stereocenters. The molecule has 0 aromatic carbocycles. The Bertz CT molecular complexity index is 262. The molecule has 0 fully saturated rings. The van der Waals surface area contributed by atoms with Gasteiger partial charge in [0.05, 0.1) is 5.02 Å². The number of aldehydes is 1. The summed E-state index contributed by atoms with van der Waals surface area (Å²) in [4.78, 5) is 13.9. The van der Waals surface area contributed by atoms with Crippen LogP contribution in [0.15, 0.2) is 18.5 Å². The van der Waals surface area contributed by atoms with Gasteiger partial charge in [0.15, 0.2) is 0 Å². The van der Waals surface area contributed by atoms with Gasteiger partial charge in [-0.3, -0.25) is 4.98 Å². The predicted octanol–water partition coefficient (Wildman–Crippen LogP) is 2.26. The van der Waals surface area contributed by atoms with E-state index in [0.29, 0.717) is 11.4 Å². The van der Waals surface area contributed by atoms with E-state index in [1.807, 2.05) is 6.07 Å². The topological polar surface area (TPSA) is 30.0 Å². The number of unbranched alkanes of at least 4 members (excludes halogenated alkanes) is 1. The maximum absolute atomic E-state index is 10.0. The highest BCUT2D eigenvalue weighted by atomic mass is 35.5. The fraction of sp³-hybridized carbons (Fsp3) is 0.333. The summed E-state index contributed by atoms with van der Waals surface area (Å²) in [5.74, 6) is 0. The highest BCUT2D eigenvalue weighted by Gasteiger charge is 1.97. The van der Waals surface area contributed by atoms with E-state index in [0.717, 1.165) is 24.7 Å². The standard InChI is InChI=1S/C9H10ClNO/c10-9-7-11-5-4-8(9)3-1-2-6-12/h4-7H,1-3H2. The average Bonchev–Trinajstić information content (AvgIpc) is 2.09. The molecule has 0 saturated carbocycles. The Morgan fingerprint density at radius 1 is 1.58 bits per heavy atom. The van der Waals surface area contributed by atoms with Crippen molar-refractivity contribution in [1.29, 1.82) is 0 Å². The zero-order chi connectivity index (χ0) is 8.81. The number of rotatable bonds is 4. The number of aromatic nitrogens is 1. The van der Waals surface area contributed by atoms with E-state index in [1.54, 1.807) is 12.4 Å². The van der Waals surface area contributed by atoms with Gasteiger partial charge in [0.2, 0.25) is 0 Å². The molecular weight excluding hydrogens is 174 g/mol. The Labute approximate surface area is 76.6 Å². The minimum absolute atomic E-state index is 0.596. The van der Waals surface area contributed by atoms with Gasteiger partial charge in [-0.1, -0.05) is 11.6 Å². The van der Waals surface area contributed by atoms with E-state index in [4.69, 9.17) is 11.6 Å². The Kier molecular flexibility index (Phi) is 3.74. The van der Waals surface area contributed by atoms with Crippen LogP contribution in [0.25, 0.3) is 0 Å². The molecule has 0 N–H and O–H groups in total. The highest BCUT2D eigenvalue weighted by molar-refractivity contribution is 6.31. The van der Waals surface area contributed by atoms with Crippen LogP contribution in [0.4, 0.5) is 0 Å². The molecule has 0 aliphatic heterocycles. The number of hydrogen-bond acceptors (Lipinski definition) is 2. The molecule has 12 heavy (non-hydrogen) atoms.